The predicted molar refractivity (Wildman–Crippen MR) is 85.0 cm³/mol. The molecule has 0 saturated heterocycles. The third kappa shape index (κ3) is 5.33. The minimum atomic E-state index is 0.175. The summed E-state index contributed by atoms with van der Waals surface area (Å²) >= 11 is 0. The first-order valence-corrected chi connectivity index (χ1v) is 7.35. The standard InChI is InChI=1S/C17H30N2/c1-13(2)19-10-9-18-12-17(5,6)16-11-14(3)7-8-15(16)4/h7-8,11,13,18-19H,9-10,12H2,1-6H3. The molecule has 1 aromatic carbocycles. The monoisotopic (exact) mass is 262 g/mol. The van der Waals surface area contributed by atoms with Gasteiger partial charge in [-0.2, -0.15) is 0 Å². The molecule has 0 unspecified atom stereocenters. The number of nitrogens with one attached hydrogen (secondary N) is 2. The second-order valence-electron chi connectivity index (χ2n) is 6.49. The normalized spacial score (nSPS) is 12.2. The summed E-state index contributed by atoms with van der Waals surface area (Å²) in [5.41, 5.74) is 4.36. The smallest absolute Gasteiger partial charge is 0.00791 e. The van der Waals surface area contributed by atoms with Crippen molar-refractivity contribution >= 4 is 0 Å². The van der Waals surface area contributed by atoms with Gasteiger partial charge in [-0.1, -0.05) is 51.5 Å². The summed E-state index contributed by atoms with van der Waals surface area (Å²) in [5, 5.41) is 6.99. The van der Waals surface area contributed by atoms with E-state index in [0.29, 0.717) is 6.04 Å². The zero-order chi connectivity index (χ0) is 14.5. The highest BCUT2D eigenvalue weighted by molar-refractivity contribution is 5.36. The fourth-order valence-electron chi connectivity index (χ4n) is 2.41. The van der Waals surface area contributed by atoms with Gasteiger partial charge in [-0.25, -0.2) is 0 Å². The summed E-state index contributed by atoms with van der Waals surface area (Å²) in [4.78, 5) is 0. The second-order valence-corrected chi connectivity index (χ2v) is 6.49. The van der Waals surface area contributed by atoms with Gasteiger partial charge < -0.3 is 10.6 Å². The first kappa shape index (κ1) is 16.2. The van der Waals surface area contributed by atoms with Crippen molar-refractivity contribution in [3.8, 4) is 0 Å². The minimum absolute atomic E-state index is 0.175. The Morgan fingerprint density at radius 3 is 2.42 bits per heavy atom. The van der Waals surface area contributed by atoms with E-state index in [1.54, 1.807) is 0 Å². The Kier molecular flexibility index (Phi) is 6.02. The van der Waals surface area contributed by atoms with Crippen LogP contribution in [0, 0.1) is 13.8 Å². The molecular weight excluding hydrogens is 232 g/mol. The van der Waals surface area contributed by atoms with Crippen LogP contribution in [0.2, 0.25) is 0 Å². The number of aryl methyl sites for hydroxylation is 2. The Labute approximate surface area is 119 Å². The molecule has 0 amide bonds. The van der Waals surface area contributed by atoms with E-state index in [-0.39, 0.29) is 5.41 Å². The van der Waals surface area contributed by atoms with Crippen LogP contribution in [0.25, 0.3) is 0 Å². The van der Waals surface area contributed by atoms with Crippen molar-refractivity contribution in [1.82, 2.24) is 10.6 Å². The van der Waals surface area contributed by atoms with Crippen LogP contribution in [0.4, 0.5) is 0 Å². The van der Waals surface area contributed by atoms with Crippen molar-refractivity contribution in [3.63, 3.8) is 0 Å². The molecule has 0 aliphatic heterocycles. The lowest BCUT2D eigenvalue weighted by atomic mass is 9.81. The van der Waals surface area contributed by atoms with Crippen LogP contribution < -0.4 is 10.6 Å². The molecule has 0 radical (unpaired) electrons. The van der Waals surface area contributed by atoms with E-state index in [2.05, 4.69) is 70.4 Å². The molecule has 1 rings (SSSR count). The van der Waals surface area contributed by atoms with E-state index < -0.39 is 0 Å². The van der Waals surface area contributed by atoms with E-state index in [1.165, 1.54) is 16.7 Å². The van der Waals surface area contributed by atoms with Crippen LogP contribution in [0.5, 0.6) is 0 Å². The van der Waals surface area contributed by atoms with Crippen LogP contribution in [0.3, 0.4) is 0 Å². The topological polar surface area (TPSA) is 24.1 Å². The van der Waals surface area contributed by atoms with Crippen LogP contribution in [0.15, 0.2) is 18.2 Å². The van der Waals surface area contributed by atoms with Crippen LogP contribution in [-0.2, 0) is 5.41 Å². The van der Waals surface area contributed by atoms with Crippen LogP contribution in [0.1, 0.15) is 44.4 Å². The zero-order valence-corrected chi connectivity index (χ0v) is 13.4. The quantitative estimate of drug-likeness (QED) is 0.738. The molecule has 2 nitrogen and oxygen atoms in total. The molecule has 1 aromatic rings. The third-order valence-corrected chi connectivity index (χ3v) is 3.54. The first-order chi connectivity index (χ1) is 8.83. The van der Waals surface area contributed by atoms with Gasteiger partial charge in [0.05, 0.1) is 0 Å². The molecule has 19 heavy (non-hydrogen) atoms. The second kappa shape index (κ2) is 7.06. The van der Waals surface area contributed by atoms with Gasteiger partial charge in [0.15, 0.2) is 0 Å². The Hall–Kier alpha value is -0.860. The first-order valence-electron chi connectivity index (χ1n) is 7.35. The summed E-state index contributed by atoms with van der Waals surface area (Å²) < 4.78 is 0. The molecule has 0 fully saturated rings. The Bertz CT molecular complexity index is 394. The fraction of sp³-hybridized carbons (Fsp3) is 0.647. The van der Waals surface area contributed by atoms with E-state index in [9.17, 15) is 0 Å². The van der Waals surface area contributed by atoms with Crippen molar-refractivity contribution < 1.29 is 0 Å². The van der Waals surface area contributed by atoms with E-state index >= 15 is 0 Å². The maximum atomic E-state index is 3.56. The highest BCUT2D eigenvalue weighted by Gasteiger charge is 2.21. The Morgan fingerprint density at radius 1 is 1.11 bits per heavy atom. The molecule has 0 aliphatic rings. The SMILES string of the molecule is Cc1ccc(C)c(C(C)(C)CNCCNC(C)C)c1. The van der Waals surface area contributed by atoms with E-state index in [0.717, 1.165) is 19.6 Å². The van der Waals surface area contributed by atoms with Gasteiger partial charge in [-0.15, -0.1) is 0 Å². The van der Waals surface area contributed by atoms with Gasteiger partial charge in [0.2, 0.25) is 0 Å². The number of hydrogen-bond acceptors (Lipinski definition) is 2. The highest BCUT2D eigenvalue weighted by atomic mass is 15.0. The summed E-state index contributed by atoms with van der Waals surface area (Å²) in [5.74, 6) is 0. The maximum Gasteiger partial charge on any atom is 0.00791 e. The molecule has 0 saturated carbocycles. The number of hydrogen-bond donors (Lipinski definition) is 2. The Balaban J connectivity index is 2.53. The summed E-state index contributed by atoms with van der Waals surface area (Å²) in [6.07, 6.45) is 0. The molecule has 0 atom stereocenters. The van der Waals surface area contributed by atoms with Gasteiger partial charge >= 0.3 is 0 Å². The Morgan fingerprint density at radius 2 is 1.79 bits per heavy atom. The van der Waals surface area contributed by atoms with Crippen LogP contribution in [-0.4, -0.2) is 25.7 Å². The van der Waals surface area contributed by atoms with Gasteiger partial charge in [0, 0.05) is 31.1 Å². The van der Waals surface area contributed by atoms with Crippen molar-refractivity contribution in [3.05, 3.63) is 34.9 Å². The zero-order valence-electron chi connectivity index (χ0n) is 13.4. The van der Waals surface area contributed by atoms with Crippen molar-refractivity contribution in [2.75, 3.05) is 19.6 Å². The van der Waals surface area contributed by atoms with Crippen molar-refractivity contribution in [2.24, 2.45) is 0 Å². The molecule has 2 N–H and O–H groups in total. The predicted octanol–water partition coefficient (Wildman–Crippen LogP) is 3.17. The van der Waals surface area contributed by atoms with E-state index in [1.807, 2.05) is 0 Å². The lowest BCUT2D eigenvalue weighted by Gasteiger charge is -2.28. The molecule has 108 valence electrons. The molecule has 0 spiro atoms. The largest absolute Gasteiger partial charge is 0.315 e. The molecule has 2 heteroatoms. The van der Waals surface area contributed by atoms with E-state index in [4.69, 9.17) is 0 Å². The maximum absolute atomic E-state index is 3.56. The van der Waals surface area contributed by atoms with Gasteiger partial charge in [-0.3, -0.25) is 0 Å². The summed E-state index contributed by atoms with van der Waals surface area (Å²) in [6.45, 7) is 16.4. The molecule has 0 heterocycles. The van der Waals surface area contributed by atoms with Gasteiger partial charge in [0.25, 0.3) is 0 Å². The molecular formula is C17H30N2. The average molecular weight is 262 g/mol. The minimum Gasteiger partial charge on any atom is -0.315 e. The molecule has 0 bridgehead atoms. The number of benzene rings is 1. The van der Waals surface area contributed by atoms with Gasteiger partial charge in [-0.05, 0) is 25.0 Å². The van der Waals surface area contributed by atoms with Crippen molar-refractivity contribution in [2.45, 2.75) is 53.0 Å². The fourth-order valence-corrected chi connectivity index (χ4v) is 2.41. The summed E-state index contributed by atoms with van der Waals surface area (Å²) in [7, 11) is 0. The third-order valence-electron chi connectivity index (χ3n) is 3.54. The summed E-state index contributed by atoms with van der Waals surface area (Å²) in [6, 6.07) is 7.30. The lowest BCUT2D eigenvalue weighted by Crippen LogP contribution is -2.38. The number of rotatable bonds is 7. The van der Waals surface area contributed by atoms with Crippen molar-refractivity contribution in [1.29, 1.82) is 0 Å². The lowest BCUT2D eigenvalue weighted by molar-refractivity contribution is 0.457. The molecule has 0 aliphatic carbocycles. The molecule has 0 aromatic heterocycles. The average Bonchev–Trinajstić information content (AvgIpc) is 2.31. The van der Waals surface area contributed by atoms with Crippen LogP contribution >= 0.6 is 0 Å². The van der Waals surface area contributed by atoms with Gasteiger partial charge in [0.1, 0.15) is 0 Å². The highest BCUT2D eigenvalue weighted by Crippen LogP contribution is 2.26.